The first-order valence-electron chi connectivity index (χ1n) is 5.45. The monoisotopic (exact) mass is 263 g/mol. The molecule has 1 aromatic carbocycles. The molecule has 1 aromatic heterocycles. The van der Waals surface area contributed by atoms with Crippen LogP contribution in [0.25, 0.3) is 0 Å². The van der Waals surface area contributed by atoms with Crippen molar-refractivity contribution in [2.45, 2.75) is 24.5 Å². The van der Waals surface area contributed by atoms with Crippen molar-refractivity contribution in [2.75, 3.05) is 0 Å². The van der Waals surface area contributed by atoms with E-state index in [9.17, 15) is 0 Å². The van der Waals surface area contributed by atoms with Crippen LogP contribution in [0.4, 0.5) is 0 Å². The molecule has 0 aliphatic heterocycles. The summed E-state index contributed by atoms with van der Waals surface area (Å²) in [5, 5.41) is 0.547. The maximum absolute atomic E-state index is 5.75. The molecule has 0 aliphatic carbocycles. The van der Waals surface area contributed by atoms with E-state index in [0.29, 0.717) is 5.15 Å². The Bertz CT molecular complexity index is 508. The third kappa shape index (κ3) is 3.48. The topological polar surface area (TPSA) is 12.9 Å². The molecular formula is C14H14ClNS. The van der Waals surface area contributed by atoms with Crippen molar-refractivity contribution in [3.63, 3.8) is 0 Å². The van der Waals surface area contributed by atoms with Gasteiger partial charge in [-0.15, -0.1) is 11.8 Å². The summed E-state index contributed by atoms with van der Waals surface area (Å²) in [5.41, 5.74) is 3.83. The number of nitrogens with zero attached hydrogens (tertiary/aromatic N) is 1. The first-order valence-corrected chi connectivity index (χ1v) is 6.82. The minimum Gasteiger partial charge on any atom is -0.244 e. The first-order chi connectivity index (χ1) is 8.15. The number of aromatic nitrogens is 1. The van der Waals surface area contributed by atoms with Gasteiger partial charge >= 0.3 is 0 Å². The van der Waals surface area contributed by atoms with Crippen molar-refractivity contribution in [1.29, 1.82) is 0 Å². The Labute approximate surface area is 111 Å². The number of aryl methyl sites for hydroxylation is 2. The van der Waals surface area contributed by atoms with Crippen molar-refractivity contribution < 1.29 is 0 Å². The van der Waals surface area contributed by atoms with Crippen LogP contribution in [0.5, 0.6) is 0 Å². The molecule has 3 heteroatoms. The summed E-state index contributed by atoms with van der Waals surface area (Å²) in [6, 6.07) is 10.4. The number of thioether (sulfide) groups is 1. The predicted octanol–water partition coefficient (Wildman–Crippen LogP) is 4.64. The van der Waals surface area contributed by atoms with Crippen molar-refractivity contribution in [1.82, 2.24) is 4.98 Å². The Morgan fingerprint density at radius 2 is 2.00 bits per heavy atom. The Hall–Kier alpha value is -0.990. The van der Waals surface area contributed by atoms with Gasteiger partial charge in [0.25, 0.3) is 0 Å². The molecule has 2 rings (SSSR count). The van der Waals surface area contributed by atoms with Gasteiger partial charge in [-0.25, -0.2) is 4.98 Å². The molecular weight excluding hydrogens is 250 g/mol. The fraction of sp³-hybridized carbons (Fsp3) is 0.214. The van der Waals surface area contributed by atoms with Crippen molar-refractivity contribution in [2.24, 2.45) is 0 Å². The molecule has 0 unspecified atom stereocenters. The van der Waals surface area contributed by atoms with Crippen molar-refractivity contribution in [3.05, 3.63) is 58.4 Å². The fourth-order valence-electron chi connectivity index (χ4n) is 1.61. The smallest absolute Gasteiger partial charge is 0.129 e. The van der Waals surface area contributed by atoms with E-state index in [2.05, 4.69) is 37.0 Å². The molecule has 1 heterocycles. The van der Waals surface area contributed by atoms with E-state index in [1.165, 1.54) is 21.6 Å². The lowest BCUT2D eigenvalue weighted by Gasteiger charge is -2.06. The number of benzene rings is 1. The van der Waals surface area contributed by atoms with Crippen LogP contribution in [-0.4, -0.2) is 4.98 Å². The van der Waals surface area contributed by atoms with Gasteiger partial charge in [0.05, 0.1) is 0 Å². The summed E-state index contributed by atoms with van der Waals surface area (Å²) in [7, 11) is 0. The van der Waals surface area contributed by atoms with E-state index < -0.39 is 0 Å². The van der Waals surface area contributed by atoms with Crippen LogP contribution in [0, 0.1) is 13.8 Å². The summed E-state index contributed by atoms with van der Waals surface area (Å²) < 4.78 is 0. The summed E-state index contributed by atoms with van der Waals surface area (Å²) >= 11 is 7.59. The Kier molecular flexibility index (Phi) is 4.08. The van der Waals surface area contributed by atoms with Gasteiger partial charge in [0, 0.05) is 16.8 Å². The standard InChI is InChI=1S/C14H14ClNS/c1-10-3-5-13(11(2)7-10)17-9-12-4-6-14(15)16-8-12/h3-8H,9H2,1-2H3. The van der Waals surface area contributed by atoms with E-state index in [-0.39, 0.29) is 0 Å². The number of hydrogen-bond acceptors (Lipinski definition) is 2. The molecule has 1 nitrogen and oxygen atoms in total. The highest BCUT2D eigenvalue weighted by Gasteiger charge is 2.01. The van der Waals surface area contributed by atoms with Gasteiger partial charge in [0.15, 0.2) is 0 Å². The normalized spacial score (nSPS) is 10.5. The molecule has 0 atom stereocenters. The third-order valence-corrected chi connectivity index (χ3v) is 3.98. The second kappa shape index (κ2) is 5.56. The second-order valence-electron chi connectivity index (χ2n) is 4.05. The summed E-state index contributed by atoms with van der Waals surface area (Å²) in [6.45, 7) is 4.26. The van der Waals surface area contributed by atoms with Crippen molar-refractivity contribution >= 4 is 23.4 Å². The van der Waals surface area contributed by atoms with Gasteiger partial charge < -0.3 is 0 Å². The van der Waals surface area contributed by atoms with E-state index in [1.54, 1.807) is 0 Å². The van der Waals surface area contributed by atoms with E-state index in [0.717, 1.165) is 5.75 Å². The van der Waals surface area contributed by atoms with Gasteiger partial charge in [-0.1, -0.05) is 35.4 Å². The van der Waals surface area contributed by atoms with Gasteiger partial charge in [0.2, 0.25) is 0 Å². The van der Waals surface area contributed by atoms with Crippen LogP contribution in [0.3, 0.4) is 0 Å². The number of rotatable bonds is 3. The van der Waals surface area contributed by atoms with Crippen LogP contribution in [0.1, 0.15) is 16.7 Å². The van der Waals surface area contributed by atoms with Crippen LogP contribution >= 0.6 is 23.4 Å². The molecule has 0 N–H and O–H groups in total. The Morgan fingerprint density at radius 3 is 2.65 bits per heavy atom. The maximum Gasteiger partial charge on any atom is 0.129 e. The minimum atomic E-state index is 0.547. The Balaban J connectivity index is 2.04. The highest BCUT2D eigenvalue weighted by Crippen LogP contribution is 2.26. The van der Waals surface area contributed by atoms with E-state index in [1.807, 2.05) is 30.1 Å². The molecule has 2 aromatic rings. The molecule has 0 aliphatic rings. The zero-order valence-electron chi connectivity index (χ0n) is 9.90. The van der Waals surface area contributed by atoms with Crippen LogP contribution < -0.4 is 0 Å². The lowest BCUT2D eigenvalue weighted by Crippen LogP contribution is -1.85. The van der Waals surface area contributed by atoms with Gasteiger partial charge in [-0.3, -0.25) is 0 Å². The molecule has 88 valence electrons. The second-order valence-corrected chi connectivity index (χ2v) is 5.45. The van der Waals surface area contributed by atoms with Crippen molar-refractivity contribution in [3.8, 4) is 0 Å². The molecule has 17 heavy (non-hydrogen) atoms. The molecule has 0 spiro atoms. The average molecular weight is 264 g/mol. The molecule has 0 fully saturated rings. The zero-order valence-corrected chi connectivity index (χ0v) is 11.5. The van der Waals surface area contributed by atoms with Crippen LogP contribution in [0.15, 0.2) is 41.4 Å². The van der Waals surface area contributed by atoms with Gasteiger partial charge in [-0.2, -0.15) is 0 Å². The molecule has 0 bridgehead atoms. The molecule has 0 saturated heterocycles. The zero-order chi connectivity index (χ0) is 12.3. The summed E-state index contributed by atoms with van der Waals surface area (Å²) in [6.07, 6.45) is 1.83. The lowest BCUT2D eigenvalue weighted by molar-refractivity contribution is 1.23. The lowest BCUT2D eigenvalue weighted by atomic mass is 10.2. The summed E-state index contributed by atoms with van der Waals surface area (Å²) in [5.74, 6) is 0.925. The first kappa shape index (κ1) is 12.5. The number of pyridine rings is 1. The molecule has 0 saturated carbocycles. The molecule has 0 radical (unpaired) electrons. The van der Waals surface area contributed by atoms with E-state index in [4.69, 9.17) is 11.6 Å². The fourth-order valence-corrected chi connectivity index (χ4v) is 2.67. The summed E-state index contributed by atoms with van der Waals surface area (Å²) in [4.78, 5) is 5.40. The minimum absolute atomic E-state index is 0.547. The number of hydrogen-bond donors (Lipinski definition) is 0. The quantitative estimate of drug-likeness (QED) is 0.591. The Morgan fingerprint density at radius 1 is 1.18 bits per heavy atom. The van der Waals surface area contributed by atoms with Crippen LogP contribution in [0.2, 0.25) is 5.15 Å². The van der Waals surface area contributed by atoms with Gasteiger partial charge in [-0.05, 0) is 37.1 Å². The maximum atomic E-state index is 5.75. The molecule has 0 amide bonds. The highest BCUT2D eigenvalue weighted by atomic mass is 35.5. The average Bonchev–Trinajstić information content (AvgIpc) is 2.30. The van der Waals surface area contributed by atoms with Gasteiger partial charge in [0.1, 0.15) is 5.15 Å². The number of halogens is 1. The van der Waals surface area contributed by atoms with Crippen LogP contribution in [-0.2, 0) is 5.75 Å². The predicted molar refractivity (Wildman–Crippen MR) is 74.7 cm³/mol. The highest BCUT2D eigenvalue weighted by molar-refractivity contribution is 7.98. The third-order valence-electron chi connectivity index (χ3n) is 2.51. The van der Waals surface area contributed by atoms with E-state index >= 15 is 0 Å². The largest absolute Gasteiger partial charge is 0.244 e. The SMILES string of the molecule is Cc1ccc(SCc2ccc(Cl)nc2)c(C)c1.